The summed E-state index contributed by atoms with van der Waals surface area (Å²) in [5.74, 6) is 0.393. The number of ether oxygens (including phenoxy) is 2. The molecule has 0 fully saturated rings. The molecule has 0 bridgehead atoms. The maximum Gasteiger partial charge on any atom is 0.263 e. The lowest BCUT2D eigenvalue weighted by molar-refractivity contribution is -0.134. The lowest BCUT2D eigenvalue weighted by atomic mass is 10.1. The van der Waals surface area contributed by atoms with Gasteiger partial charge in [-0.15, -0.1) is 11.3 Å². The standard InChI is InChI=1S/C18H22ClNO3S/c1-12-5-10-16(24-12)15(22-4)11-20-17(21)18(2,3)23-14-8-6-13(19)7-9-14/h5-10,15H,11H2,1-4H3,(H,20,21). The van der Waals surface area contributed by atoms with Crippen LogP contribution >= 0.6 is 22.9 Å². The molecule has 0 aliphatic carbocycles. The van der Waals surface area contributed by atoms with Gasteiger partial charge in [0.1, 0.15) is 11.9 Å². The number of benzene rings is 1. The predicted octanol–water partition coefficient (Wildman–Crippen LogP) is 4.37. The maximum absolute atomic E-state index is 12.5. The second-order valence-electron chi connectivity index (χ2n) is 5.95. The van der Waals surface area contributed by atoms with Crippen molar-refractivity contribution in [1.82, 2.24) is 5.32 Å². The minimum atomic E-state index is -1.00. The Bertz CT molecular complexity index is 682. The summed E-state index contributed by atoms with van der Waals surface area (Å²) in [7, 11) is 1.64. The molecule has 2 rings (SSSR count). The number of carbonyl (C=O) groups excluding carboxylic acids is 1. The van der Waals surface area contributed by atoms with Gasteiger partial charge in [0.05, 0.1) is 0 Å². The number of hydrogen-bond acceptors (Lipinski definition) is 4. The lowest BCUT2D eigenvalue weighted by Gasteiger charge is -2.26. The summed E-state index contributed by atoms with van der Waals surface area (Å²) >= 11 is 7.52. The van der Waals surface area contributed by atoms with Crippen LogP contribution < -0.4 is 10.1 Å². The van der Waals surface area contributed by atoms with E-state index in [0.717, 1.165) is 4.88 Å². The van der Waals surface area contributed by atoms with Crippen LogP contribution in [0.2, 0.25) is 5.02 Å². The number of nitrogens with one attached hydrogen (secondary N) is 1. The molecule has 24 heavy (non-hydrogen) atoms. The first-order valence-electron chi connectivity index (χ1n) is 7.64. The molecule has 1 unspecified atom stereocenters. The zero-order chi connectivity index (χ0) is 17.7. The smallest absolute Gasteiger partial charge is 0.263 e. The number of methoxy groups -OCH3 is 1. The zero-order valence-electron chi connectivity index (χ0n) is 14.3. The first-order valence-corrected chi connectivity index (χ1v) is 8.83. The lowest BCUT2D eigenvalue weighted by Crippen LogP contribution is -2.47. The van der Waals surface area contributed by atoms with Crippen LogP contribution in [-0.2, 0) is 9.53 Å². The third-order valence-electron chi connectivity index (χ3n) is 3.54. The van der Waals surface area contributed by atoms with E-state index in [1.54, 1.807) is 56.6 Å². The van der Waals surface area contributed by atoms with Gasteiger partial charge in [0.2, 0.25) is 0 Å². The molecule has 2 aromatic rings. The van der Waals surface area contributed by atoms with Crippen LogP contribution in [0.25, 0.3) is 0 Å². The number of carbonyl (C=O) groups is 1. The molecule has 1 aromatic carbocycles. The van der Waals surface area contributed by atoms with Crippen molar-refractivity contribution in [2.45, 2.75) is 32.5 Å². The number of aryl methyl sites for hydroxylation is 1. The Hall–Kier alpha value is -1.56. The largest absolute Gasteiger partial charge is 0.478 e. The summed E-state index contributed by atoms with van der Waals surface area (Å²) in [6, 6.07) is 11.0. The molecular weight excluding hydrogens is 346 g/mol. The number of amides is 1. The highest BCUT2D eigenvalue weighted by Gasteiger charge is 2.30. The molecule has 0 aliphatic heterocycles. The first-order chi connectivity index (χ1) is 11.3. The molecule has 1 N–H and O–H groups in total. The van der Waals surface area contributed by atoms with Gasteiger partial charge in [-0.05, 0) is 57.2 Å². The first kappa shape index (κ1) is 18.8. The molecule has 6 heteroatoms. The summed E-state index contributed by atoms with van der Waals surface area (Å²) in [5, 5.41) is 3.53. The second-order valence-corrected chi connectivity index (χ2v) is 7.70. The molecule has 1 heterocycles. The van der Waals surface area contributed by atoms with Gasteiger partial charge < -0.3 is 14.8 Å². The van der Waals surface area contributed by atoms with E-state index in [2.05, 4.69) is 5.32 Å². The molecule has 1 amide bonds. The summed E-state index contributed by atoms with van der Waals surface area (Å²) in [6.45, 7) is 5.90. The maximum atomic E-state index is 12.5. The van der Waals surface area contributed by atoms with E-state index in [1.165, 1.54) is 4.88 Å². The molecule has 1 atom stereocenters. The van der Waals surface area contributed by atoms with E-state index >= 15 is 0 Å². The molecular formula is C18H22ClNO3S. The molecule has 0 saturated carbocycles. The van der Waals surface area contributed by atoms with E-state index in [0.29, 0.717) is 17.3 Å². The summed E-state index contributed by atoms with van der Waals surface area (Å²) in [6.07, 6.45) is -0.168. The average molecular weight is 368 g/mol. The Morgan fingerprint density at radius 3 is 2.46 bits per heavy atom. The normalized spacial score (nSPS) is 12.7. The van der Waals surface area contributed by atoms with E-state index in [1.807, 2.05) is 19.1 Å². The molecule has 0 aliphatic rings. The average Bonchev–Trinajstić information content (AvgIpc) is 2.96. The van der Waals surface area contributed by atoms with Gasteiger partial charge in [0.25, 0.3) is 5.91 Å². The molecule has 0 radical (unpaired) electrons. The van der Waals surface area contributed by atoms with E-state index in [9.17, 15) is 4.79 Å². The molecule has 0 spiro atoms. The Morgan fingerprint density at radius 2 is 1.92 bits per heavy atom. The zero-order valence-corrected chi connectivity index (χ0v) is 15.8. The summed E-state index contributed by atoms with van der Waals surface area (Å²) in [5.41, 5.74) is -1.00. The highest BCUT2D eigenvalue weighted by atomic mass is 35.5. The third kappa shape index (κ3) is 4.97. The Kier molecular flexibility index (Phi) is 6.27. The van der Waals surface area contributed by atoms with Crippen molar-refractivity contribution in [3.05, 3.63) is 51.2 Å². The van der Waals surface area contributed by atoms with Crippen molar-refractivity contribution in [3.8, 4) is 5.75 Å². The number of rotatable bonds is 7. The van der Waals surface area contributed by atoms with Gasteiger partial charge >= 0.3 is 0 Å². The van der Waals surface area contributed by atoms with Crippen molar-refractivity contribution in [2.24, 2.45) is 0 Å². The minimum Gasteiger partial charge on any atom is -0.478 e. The van der Waals surface area contributed by atoms with Gasteiger partial charge in [-0.25, -0.2) is 0 Å². The number of hydrogen-bond donors (Lipinski definition) is 1. The number of halogens is 1. The van der Waals surface area contributed by atoms with Crippen LogP contribution in [0.5, 0.6) is 5.75 Å². The fourth-order valence-corrected chi connectivity index (χ4v) is 3.25. The van der Waals surface area contributed by atoms with Crippen molar-refractivity contribution < 1.29 is 14.3 Å². The Labute approximate surface area is 151 Å². The van der Waals surface area contributed by atoms with E-state index in [4.69, 9.17) is 21.1 Å². The molecule has 130 valence electrons. The van der Waals surface area contributed by atoms with Gasteiger partial charge in [0, 0.05) is 28.4 Å². The van der Waals surface area contributed by atoms with E-state index in [-0.39, 0.29) is 12.0 Å². The number of thiophene rings is 1. The van der Waals surface area contributed by atoms with Crippen molar-refractivity contribution in [2.75, 3.05) is 13.7 Å². The van der Waals surface area contributed by atoms with E-state index < -0.39 is 5.60 Å². The molecule has 4 nitrogen and oxygen atoms in total. The van der Waals surface area contributed by atoms with Crippen molar-refractivity contribution in [3.63, 3.8) is 0 Å². The minimum absolute atomic E-state index is 0.168. The summed E-state index contributed by atoms with van der Waals surface area (Å²) in [4.78, 5) is 14.8. The Morgan fingerprint density at radius 1 is 1.25 bits per heavy atom. The van der Waals surface area contributed by atoms with Gasteiger partial charge in [-0.3, -0.25) is 4.79 Å². The Balaban J connectivity index is 1.95. The van der Waals surface area contributed by atoms with Gasteiger partial charge in [-0.2, -0.15) is 0 Å². The van der Waals surface area contributed by atoms with Crippen LogP contribution in [0, 0.1) is 6.92 Å². The fourth-order valence-electron chi connectivity index (χ4n) is 2.17. The SMILES string of the molecule is COC(CNC(=O)C(C)(C)Oc1ccc(Cl)cc1)c1ccc(C)s1. The highest BCUT2D eigenvalue weighted by Crippen LogP contribution is 2.25. The fraction of sp³-hybridized carbons (Fsp3) is 0.389. The second kappa shape index (κ2) is 8.01. The van der Waals surface area contributed by atoms with Crippen LogP contribution in [0.3, 0.4) is 0 Å². The van der Waals surface area contributed by atoms with Gasteiger partial charge in [0.15, 0.2) is 5.60 Å². The quantitative estimate of drug-likeness (QED) is 0.790. The van der Waals surface area contributed by atoms with Crippen molar-refractivity contribution in [1.29, 1.82) is 0 Å². The topological polar surface area (TPSA) is 47.6 Å². The molecule has 1 aromatic heterocycles. The predicted molar refractivity (Wildman–Crippen MR) is 98.0 cm³/mol. The highest BCUT2D eigenvalue weighted by molar-refractivity contribution is 7.12. The van der Waals surface area contributed by atoms with Gasteiger partial charge in [-0.1, -0.05) is 11.6 Å². The van der Waals surface area contributed by atoms with Crippen molar-refractivity contribution >= 4 is 28.8 Å². The van der Waals surface area contributed by atoms with Crippen LogP contribution in [-0.4, -0.2) is 25.2 Å². The van der Waals surface area contributed by atoms with Crippen LogP contribution in [0.15, 0.2) is 36.4 Å². The van der Waals surface area contributed by atoms with Crippen LogP contribution in [0.1, 0.15) is 29.7 Å². The molecule has 0 saturated heterocycles. The third-order valence-corrected chi connectivity index (χ3v) is 4.89. The summed E-state index contributed by atoms with van der Waals surface area (Å²) < 4.78 is 11.3. The van der Waals surface area contributed by atoms with Crippen LogP contribution in [0.4, 0.5) is 0 Å². The monoisotopic (exact) mass is 367 g/mol.